The average molecular weight is 321 g/mol. The molecule has 0 aromatic heterocycles. The maximum Gasteiger partial charge on any atom is 0.410 e. The first kappa shape index (κ1) is 17.1. The number of phenolic OH excluding ortho intramolecular Hbond substituents is 1. The third kappa shape index (κ3) is 4.15. The zero-order valence-corrected chi connectivity index (χ0v) is 13.9. The van der Waals surface area contributed by atoms with Crippen molar-refractivity contribution in [3.8, 4) is 5.75 Å². The van der Waals surface area contributed by atoms with Crippen LogP contribution in [-0.2, 0) is 14.3 Å². The SMILES string of the molecule is COC(=O)[C@@H]1CN(C(=O)OC(C)(C)C)C[C@H]1c1ccc(O)cc1. The summed E-state index contributed by atoms with van der Waals surface area (Å²) in [5.41, 5.74) is 0.290. The number of carbonyl (C=O) groups excluding carboxylic acids is 2. The second-order valence-corrected chi connectivity index (χ2v) is 6.71. The van der Waals surface area contributed by atoms with Crippen LogP contribution < -0.4 is 0 Å². The largest absolute Gasteiger partial charge is 0.508 e. The van der Waals surface area contributed by atoms with Crippen LogP contribution >= 0.6 is 0 Å². The molecular formula is C17H23NO5. The molecule has 2 atom stereocenters. The summed E-state index contributed by atoms with van der Waals surface area (Å²) in [6.45, 7) is 6.04. The van der Waals surface area contributed by atoms with E-state index in [4.69, 9.17) is 9.47 Å². The first-order valence-electron chi connectivity index (χ1n) is 7.56. The Bertz CT molecular complexity index is 576. The Balaban J connectivity index is 2.20. The number of nitrogens with zero attached hydrogens (tertiary/aromatic N) is 1. The van der Waals surface area contributed by atoms with Gasteiger partial charge < -0.3 is 19.5 Å². The molecule has 126 valence electrons. The number of methoxy groups -OCH3 is 1. The van der Waals surface area contributed by atoms with E-state index in [0.29, 0.717) is 6.54 Å². The third-order valence-corrected chi connectivity index (χ3v) is 3.80. The van der Waals surface area contributed by atoms with Crippen molar-refractivity contribution in [2.75, 3.05) is 20.2 Å². The summed E-state index contributed by atoms with van der Waals surface area (Å²) >= 11 is 0. The molecule has 6 nitrogen and oxygen atoms in total. The maximum absolute atomic E-state index is 12.3. The van der Waals surface area contributed by atoms with E-state index in [2.05, 4.69) is 0 Å². The van der Waals surface area contributed by atoms with Gasteiger partial charge >= 0.3 is 12.1 Å². The van der Waals surface area contributed by atoms with Crippen molar-refractivity contribution in [3.05, 3.63) is 29.8 Å². The lowest BCUT2D eigenvalue weighted by Gasteiger charge is -2.24. The first-order chi connectivity index (χ1) is 10.7. The molecule has 0 unspecified atom stereocenters. The second-order valence-electron chi connectivity index (χ2n) is 6.71. The monoisotopic (exact) mass is 321 g/mol. The fraction of sp³-hybridized carbons (Fsp3) is 0.529. The molecule has 0 radical (unpaired) electrons. The Morgan fingerprint density at radius 3 is 2.30 bits per heavy atom. The van der Waals surface area contributed by atoms with E-state index in [9.17, 15) is 14.7 Å². The van der Waals surface area contributed by atoms with E-state index < -0.39 is 17.6 Å². The quantitative estimate of drug-likeness (QED) is 0.847. The van der Waals surface area contributed by atoms with Gasteiger partial charge in [0.2, 0.25) is 0 Å². The zero-order valence-electron chi connectivity index (χ0n) is 13.9. The molecule has 1 heterocycles. The highest BCUT2D eigenvalue weighted by Gasteiger charge is 2.42. The molecule has 1 saturated heterocycles. The second kappa shape index (κ2) is 6.48. The van der Waals surface area contributed by atoms with Crippen LogP contribution in [-0.4, -0.2) is 47.9 Å². The van der Waals surface area contributed by atoms with Gasteiger partial charge in [0.15, 0.2) is 0 Å². The standard InChI is InChI=1S/C17H23NO5/c1-17(2,3)23-16(21)18-9-13(14(10-18)15(20)22-4)11-5-7-12(19)8-6-11/h5-8,13-14,19H,9-10H2,1-4H3/t13-,14+/m0/s1. The van der Waals surface area contributed by atoms with E-state index >= 15 is 0 Å². The Morgan fingerprint density at radius 2 is 1.78 bits per heavy atom. The molecule has 1 aliphatic heterocycles. The van der Waals surface area contributed by atoms with Crippen LogP contribution in [0.5, 0.6) is 5.75 Å². The van der Waals surface area contributed by atoms with Gasteiger partial charge in [-0.25, -0.2) is 4.79 Å². The molecule has 0 spiro atoms. The van der Waals surface area contributed by atoms with Crippen LogP contribution in [0.15, 0.2) is 24.3 Å². The molecule has 1 aromatic carbocycles. The van der Waals surface area contributed by atoms with E-state index in [1.807, 2.05) is 0 Å². The summed E-state index contributed by atoms with van der Waals surface area (Å²) in [5, 5.41) is 9.41. The number of aromatic hydroxyl groups is 1. The minimum atomic E-state index is -0.589. The molecule has 1 amide bonds. The van der Waals surface area contributed by atoms with E-state index in [-0.39, 0.29) is 24.2 Å². The van der Waals surface area contributed by atoms with Gasteiger partial charge in [-0.15, -0.1) is 0 Å². The molecule has 1 aromatic rings. The van der Waals surface area contributed by atoms with Gasteiger partial charge in [-0.05, 0) is 38.5 Å². The maximum atomic E-state index is 12.3. The van der Waals surface area contributed by atoms with E-state index in [1.54, 1.807) is 45.0 Å². The highest BCUT2D eigenvalue weighted by Crippen LogP contribution is 2.34. The number of esters is 1. The molecule has 0 aliphatic carbocycles. The number of benzene rings is 1. The van der Waals surface area contributed by atoms with Crippen LogP contribution in [0.4, 0.5) is 4.79 Å². The fourth-order valence-electron chi connectivity index (χ4n) is 2.73. The van der Waals surface area contributed by atoms with Crippen molar-refractivity contribution in [2.24, 2.45) is 5.92 Å². The smallest absolute Gasteiger partial charge is 0.410 e. The molecule has 6 heteroatoms. The van der Waals surface area contributed by atoms with Crippen LogP contribution in [0.2, 0.25) is 0 Å². The number of carbonyl (C=O) groups is 2. The number of likely N-dealkylation sites (tertiary alicyclic amines) is 1. The molecule has 23 heavy (non-hydrogen) atoms. The van der Waals surface area contributed by atoms with Gasteiger partial charge in [-0.3, -0.25) is 4.79 Å². The normalized spacial score (nSPS) is 21.1. The van der Waals surface area contributed by atoms with Gasteiger partial charge in [0, 0.05) is 19.0 Å². The van der Waals surface area contributed by atoms with Gasteiger partial charge in [-0.1, -0.05) is 12.1 Å². The molecular weight excluding hydrogens is 298 g/mol. The highest BCUT2D eigenvalue weighted by molar-refractivity contribution is 5.77. The molecule has 2 rings (SSSR count). The van der Waals surface area contributed by atoms with Crippen molar-refractivity contribution in [3.63, 3.8) is 0 Å². The van der Waals surface area contributed by atoms with Gasteiger partial charge in [0.05, 0.1) is 13.0 Å². The third-order valence-electron chi connectivity index (χ3n) is 3.80. The van der Waals surface area contributed by atoms with Crippen LogP contribution in [0.1, 0.15) is 32.3 Å². The van der Waals surface area contributed by atoms with Crippen molar-refractivity contribution >= 4 is 12.1 Å². The fourth-order valence-corrected chi connectivity index (χ4v) is 2.73. The minimum Gasteiger partial charge on any atom is -0.508 e. The number of hydrogen-bond donors (Lipinski definition) is 1. The summed E-state index contributed by atoms with van der Waals surface area (Å²) in [6, 6.07) is 6.66. The number of rotatable bonds is 2. The lowest BCUT2D eigenvalue weighted by Crippen LogP contribution is -2.36. The molecule has 0 bridgehead atoms. The van der Waals surface area contributed by atoms with Crippen LogP contribution in [0.3, 0.4) is 0 Å². The lowest BCUT2D eigenvalue weighted by molar-refractivity contribution is -0.145. The predicted molar refractivity (Wildman–Crippen MR) is 84.2 cm³/mol. The molecule has 1 N–H and O–H groups in total. The van der Waals surface area contributed by atoms with Gasteiger partial charge in [0.1, 0.15) is 11.4 Å². The van der Waals surface area contributed by atoms with Crippen LogP contribution in [0, 0.1) is 5.92 Å². The Morgan fingerprint density at radius 1 is 1.17 bits per heavy atom. The average Bonchev–Trinajstić information content (AvgIpc) is 2.91. The van der Waals surface area contributed by atoms with Crippen molar-refractivity contribution in [1.82, 2.24) is 4.90 Å². The summed E-state index contributed by atoms with van der Waals surface area (Å²) in [5.74, 6) is -0.827. The van der Waals surface area contributed by atoms with Crippen molar-refractivity contribution in [1.29, 1.82) is 0 Å². The number of phenols is 1. The predicted octanol–water partition coefficient (Wildman–Crippen LogP) is 2.52. The number of ether oxygens (including phenoxy) is 2. The van der Waals surface area contributed by atoms with Crippen molar-refractivity contribution < 1.29 is 24.2 Å². The lowest BCUT2D eigenvalue weighted by atomic mass is 9.89. The minimum absolute atomic E-state index is 0.158. The van der Waals surface area contributed by atoms with E-state index in [1.165, 1.54) is 12.0 Å². The number of amides is 1. The zero-order chi connectivity index (χ0) is 17.2. The van der Waals surface area contributed by atoms with Gasteiger partial charge in [-0.2, -0.15) is 0 Å². The van der Waals surface area contributed by atoms with Crippen molar-refractivity contribution in [2.45, 2.75) is 32.3 Å². The van der Waals surface area contributed by atoms with Gasteiger partial charge in [0.25, 0.3) is 0 Å². The van der Waals surface area contributed by atoms with Crippen LogP contribution in [0.25, 0.3) is 0 Å². The molecule has 1 aliphatic rings. The summed E-state index contributed by atoms with van der Waals surface area (Å²) in [6.07, 6.45) is -0.437. The Hall–Kier alpha value is -2.24. The highest BCUT2D eigenvalue weighted by atomic mass is 16.6. The van der Waals surface area contributed by atoms with E-state index in [0.717, 1.165) is 5.56 Å². The topological polar surface area (TPSA) is 76.1 Å². The Kier molecular flexibility index (Phi) is 4.82. The molecule has 1 fully saturated rings. The molecule has 0 saturated carbocycles. The first-order valence-corrected chi connectivity index (χ1v) is 7.56. The summed E-state index contributed by atoms with van der Waals surface area (Å²) < 4.78 is 10.3. The number of hydrogen-bond acceptors (Lipinski definition) is 5. The Labute approximate surface area is 136 Å². The summed E-state index contributed by atoms with van der Waals surface area (Å²) in [4.78, 5) is 25.9. The summed E-state index contributed by atoms with van der Waals surface area (Å²) in [7, 11) is 1.34.